The molecule has 0 bridgehead atoms. The van der Waals surface area contributed by atoms with E-state index in [0.717, 1.165) is 47.5 Å². The van der Waals surface area contributed by atoms with E-state index in [1.54, 1.807) is 30.3 Å². The minimum Gasteiger partial charge on any atom is -0.493 e. The van der Waals surface area contributed by atoms with E-state index < -0.39 is 28.5 Å². The number of carbonyl (C=O) groups is 2. The first-order valence-electron chi connectivity index (χ1n) is 15.1. The molecule has 9 nitrogen and oxygen atoms in total. The van der Waals surface area contributed by atoms with Crippen LogP contribution < -0.4 is 19.1 Å². The van der Waals surface area contributed by atoms with Gasteiger partial charge in [0, 0.05) is 18.7 Å². The largest absolute Gasteiger partial charge is 0.493 e. The molecule has 3 aromatic rings. The van der Waals surface area contributed by atoms with E-state index in [4.69, 9.17) is 9.47 Å². The lowest BCUT2D eigenvalue weighted by Gasteiger charge is -2.34. The molecule has 0 aliphatic heterocycles. The topological polar surface area (TPSA) is 105 Å². The predicted molar refractivity (Wildman–Crippen MR) is 171 cm³/mol. The van der Waals surface area contributed by atoms with Gasteiger partial charge in [-0.2, -0.15) is 0 Å². The van der Waals surface area contributed by atoms with Crippen LogP contribution in [-0.4, -0.2) is 58.0 Å². The Balaban J connectivity index is 1.73. The molecule has 0 heterocycles. The molecule has 1 aliphatic carbocycles. The maximum Gasteiger partial charge on any atom is 0.264 e. The van der Waals surface area contributed by atoms with Crippen LogP contribution in [0.15, 0.2) is 77.7 Å². The summed E-state index contributed by atoms with van der Waals surface area (Å²) in [6, 6.07) is 19.7. The van der Waals surface area contributed by atoms with Gasteiger partial charge in [-0.15, -0.1) is 0 Å². The fourth-order valence-electron chi connectivity index (χ4n) is 5.58. The molecule has 0 saturated heterocycles. The van der Waals surface area contributed by atoms with Crippen molar-refractivity contribution in [3.63, 3.8) is 0 Å². The highest BCUT2D eigenvalue weighted by Crippen LogP contribution is 2.34. The molecule has 0 aromatic heterocycles. The number of anilines is 1. The van der Waals surface area contributed by atoms with Gasteiger partial charge in [0.2, 0.25) is 11.8 Å². The van der Waals surface area contributed by atoms with Gasteiger partial charge < -0.3 is 19.7 Å². The van der Waals surface area contributed by atoms with E-state index in [2.05, 4.69) is 5.32 Å². The number of sulfonamides is 1. The van der Waals surface area contributed by atoms with E-state index in [9.17, 15) is 18.0 Å². The van der Waals surface area contributed by atoms with Gasteiger partial charge in [0.1, 0.15) is 12.6 Å². The molecular weight excluding hydrogens is 578 g/mol. The molecule has 0 spiro atoms. The SMILES string of the molecule is CCC(C(=O)NC1CCCCC1)N(Cc1ccc(C)cc1)C(=O)CN(c1ccc(OC)c(OC)c1)S(=O)(=O)c1ccccc1. The quantitative estimate of drug-likeness (QED) is 0.272. The summed E-state index contributed by atoms with van der Waals surface area (Å²) in [6.07, 6.45) is 5.48. The maximum atomic E-state index is 14.3. The van der Waals surface area contributed by atoms with Crippen molar-refractivity contribution in [1.29, 1.82) is 0 Å². The van der Waals surface area contributed by atoms with Crippen molar-refractivity contribution in [2.45, 2.75) is 75.9 Å². The number of aryl methyl sites for hydroxylation is 1. The summed E-state index contributed by atoms with van der Waals surface area (Å²) in [5.74, 6) is 0.0283. The summed E-state index contributed by atoms with van der Waals surface area (Å²) in [7, 11) is -1.24. The van der Waals surface area contributed by atoms with Crippen LogP contribution in [0.5, 0.6) is 11.5 Å². The third kappa shape index (κ3) is 7.91. The molecule has 1 N–H and O–H groups in total. The summed E-state index contributed by atoms with van der Waals surface area (Å²) < 4.78 is 40.0. The van der Waals surface area contributed by atoms with Gasteiger partial charge in [0.05, 0.1) is 24.8 Å². The number of rotatable bonds is 13. The lowest BCUT2D eigenvalue weighted by Crippen LogP contribution is -2.54. The minimum absolute atomic E-state index is 0.0368. The van der Waals surface area contributed by atoms with Crippen molar-refractivity contribution in [2.75, 3.05) is 25.1 Å². The Morgan fingerprint density at radius 2 is 1.57 bits per heavy atom. The first-order valence-corrected chi connectivity index (χ1v) is 16.6. The summed E-state index contributed by atoms with van der Waals surface area (Å²) >= 11 is 0. The predicted octanol–water partition coefficient (Wildman–Crippen LogP) is 5.46. The zero-order valence-electron chi connectivity index (χ0n) is 26.0. The van der Waals surface area contributed by atoms with E-state index in [-0.39, 0.29) is 29.1 Å². The van der Waals surface area contributed by atoms with E-state index in [1.807, 2.05) is 38.1 Å². The highest BCUT2D eigenvalue weighted by atomic mass is 32.2. The Bertz CT molecular complexity index is 1510. The normalized spacial score (nSPS) is 14.4. The second kappa shape index (κ2) is 15.1. The molecule has 44 heavy (non-hydrogen) atoms. The van der Waals surface area contributed by atoms with Gasteiger partial charge >= 0.3 is 0 Å². The average Bonchev–Trinajstić information content (AvgIpc) is 3.04. The standard InChI is InChI=1S/C34H43N3O6S/c1-5-30(34(39)35-27-12-8-6-9-13-27)36(23-26-18-16-25(2)17-19-26)33(38)24-37(44(40,41)29-14-10-7-11-15-29)28-20-21-31(42-3)32(22-28)43-4/h7,10-11,14-22,27,30H,5-6,8-9,12-13,23-24H2,1-4H3,(H,35,39). The van der Waals surface area contributed by atoms with E-state index in [1.165, 1.54) is 37.3 Å². The van der Waals surface area contributed by atoms with Crippen LogP contribution in [0.2, 0.25) is 0 Å². The van der Waals surface area contributed by atoms with Crippen LogP contribution in [0, 0.1) is 6.92 Å². The van der Waals surface area contributed by atoms with Crippen LogP contribution in [-0.2, 0) is 26.2 Å². The van der Waals surface area contributed by atoms with Gasteiger partial charge in [-0.25, -0.2) is 8.42 Å². The lowest BCUT2D eigenvalue weighted by molar-refractivity contribution is -0.140. The van der Waals surface area contributed by atoms with Gasteiger partial charge in [0.25, 0.3) is 10.0 Å². The van der Waals surface area contributed by atoms with Crippen LogP contribution >= 0.6 is 0 Å². The molecule has 1 atom stereocenters. The number of carbonyl (C=O) groups excluding carboxylic acids is 2. The number of hydrogen-bond donors (Lipinski definition) is 1. The van der Waals surface area contributed by atoms with Crippen molar-refractivity contribution < 1.29 is 27.5 Å². The number of hydrogen-bond acceptors (Lipinski definition) is 6. The van der Waals surface area contributed by atoms with Crippen molar-refractivity contribution in [1.82, 2.24) is 10.2 Å². The highest BCUT2D eigenvalue weighted by Gasteiger charge is 2.34. The molecule has 4 rings (SSSR count). The maximum absolute atomic E-state index is 14.3. The van der Waals surface area contributed by atoms with Crippen LogP contribution in [0.25, 0.3) is 0 Å². The van der Waals surface area contributed by atoms with E-state index >= 15 is 0 Å². The van der Waals surface area contributed by atoms with Crippen molar-refractivity contribution >= 4 is 27.5 Å². The third-order valence-electron chi connectivity index (χ3n) is 8.08. The van der Waals surface area contributed by atoms with Crippen molar-refractivity contribution in [2.24, 2.45) is 0 Å². The fraction of sp³-hybridized carbons (Fsp3) is 0.412. The summed E-state index contributed by atoms with van der Waals surface area (Å²) in [5.41, 5.74) is 2.15. The van der Waals surface area contributed by atoms with Gasteiger partial charge in [-0.1, -0.05) is 74.2 Å². The molecule has 1 aliphatic rings. The number of nitrogens with one attached hydrogen (secondary N) is 1. The Morgan fingerprint density at radius 1 is 0.909 bits per heavy atom. The fourth-order valence-corrected chi connectivity index (χ4v) is 7.01. The van der Waals surface area contributed by atoms with Crippen LogP contribution in [0.1, 0.15) is 56.6 Å². The molecule has 1 unspecified atom stereocenters. The monoisotopic (exact) mass is 621 g/mol. The lowest BCUT2D eigenvalue weighted by atomic mass is 9.95. The summed E-state index contributed by atoms with van der Waals surface area (Å²) in [6.45, 7) is 3.48. The molecule has 1 saturated carbocycles. The summed E-state index contributed by atoms with van der Waals surface area (Å²) in [5, 5.41) is 3.17. The number of nitrogens with zero attached hydrogens (tertiary/aromatic N) is 2. The molecule has 3 aromatic carbocycles. The van der Waals surface area contributed by atoms with Crippen molar-refractivity contribution in [3.05, 3.63) is 83.9 Å². The molecular formula is C34H43N3O6S. The van der Waals surface area contributed by atoms with Crippen molar-refractivity contribution in [3.8, 4) is 11.5 Å². The summed E-state index contributed by atoms with van der Waals surface area (Å²) in [4.78, 5) is 29.6. The second-order valence-corrected chi connectivity index (χ2v) is 13.0. The molecule has 236 valence electrons. The molecule has 10 heteroatoms. The molecule has 2 amide bonds. The molecule has 1 fully saturated rings. The third-order valence-corrected chi connectivity index (χ3v) is 9.86. The Kier molecular flexibility index (Phi) is 11.3. The average molecular weight is 622 g/mol. The number of ether oxygens (including phenoxy) is 2. The first-order chi connectivity index (χ1) is 21.2. The molecule has 0 radical (unpaired) electrons. The number of benzene rings is 3. The van der Waals surface area contributed by atoms with Gasteiger partial charge in [0.15, 0.2) is 11.5 Å². The first kappa shape index (κ1) is 32.9. The van der Waals surface area contributed by atoms with E-state index in [0.29, 0.717) is 17.9 Å². The smallest absolute Gasteiger partial charge is 0.264 e. The van der Waals surface area contributed by atoms with Crippen LogP contribution in [0.4, 0.5) is 5.69 Å². The second-order valence-electron chi connectivity index (χ2n) is 11.1. The van der Waals surface area contributed by atoms with Gasteiger partial charge in [-0.05, 0) is 56.0 Å². The zero-order chi connectivity index (χ0) is 31.7. The Morgan fingerprint density at radius 3 is 2.18 bits per heavy atom. The number of amides is 2. The number of methoxy groups -OCH3 is 2. The Labute approximate surface area is 261 Å². The minimum atomic E-state index is -4.19. The highest BCUT2D eigenvalue weighted by molar-refractivity contribution is 7.92. The van der Waals surface area contributed by atoms with Crippen LogP contribution in [0.3, 0.4) is 0 Å². The Hall–Kier alpha value is -4.05. The van der Waals surface area contributed by atoms with Gasteiger partial charge in [-0.3, -0.25) is 13.9 Å². The zero-order valence-corrected chi connectivity index (χ0v) is 26.8.